The number of hydrogen-bond donors (Lipinski definition) is 0. The van der Waals surface area contributed by atoms with E-state index in [1.54, 1.807) is 0 Å². The van der Waals surface area contributed by atoms with Crippen LogP contribution in [0.4, 0.5) is 0 Å². The maximum Gasteiger partial charge on any atom is 0.332 e. The fourth-order valence-electron chi connectivity index (χ4n) is 2.70. The summed E-state index contributed by atoms with van der Waals surface area (Å²) in [6.07, 6.45) is 10.1. The third kappa shape index (κ3) is 1.35. The number of aryl methyl sites for hydroxylation is 4. The Kier molecular flexibility index (Phi) is 2.04. The normalized spacial score (nSPS) is 20.0. The van der Waals surface area contributed by atoms with Crippen LogP contribution in [0.3, 0.4) is 0 Å². The Morgan fingerprint density at radius 2 is 1.21 bits per heavy atom. The molecule has 0 saturated carbocycles. The van der Waals surface area contributed by atoms with Crippen molar-refractivity contribution in [1.29, 1.82) is 0 Å². The van der Waals surface area contributed by atoms with Crippen molar-refractivity contribution in [3.8, 4) is 0 Å². The minimum atomic E-state index is 1.17. The minimum Gasteiger partial charge on any atom is -0.217 e. The molecule has 1 aromatic heterocycles. The Balaban J connectivity index is 2.06. The van der Waals surface area contributed by atoms with Crippen LogP contribution in [-0.2, 0) is 25.7 Å². The van der Waals surface area contributed by atoms with Crippen molar-refractivity contribution in [2.24, 2.45) is 0 Å². The van der Waals surface area contributed by atoms with Crippen molar-refractivity contribution in [1.82, 2.24) is 0 Å². The molecule has 0 fully saturated rings. The Morgan fingerprint density at radius 1 is 0.714 bits per heavy atom. The van der Waals surface area contributed by atoms with Gasteiger partial charge < -0.3 is 0 Å². The highest BCUT2D eigenvalue weighted by molar-refractivity contribution is 5.30. The molecule has 0 saturated heterocycles. The first-order valence-corrected chi connectivity index (χ1v) is 5.90. The van der Waals surface area contributed by atoms with Crippen molar-refractivity contribution in [3.05, 3.63) is 28.7 Å². The lowest BCUT2D eigenvalue weighted by Crippen LogP contribution is -2.09. The standard InChI is InChI=1S/C13H17O/c1-3-7-12-10(5-1)9-11-6-2-4-8-13(11)14-12/h9H,1-8H2/q+1. The summed E-state index contributed by atoms with van der Waals surface area (Å²) in [4.78, 5) is 0. The second-order valence-electron chi connectivity index (χ2n) is 4.56. The van der Waals surface area contributed by atoms with Crippen LogP contribution in [0.15, 0.2) is 10.5 Å². The van der Waals surface area contributed by atoms with Crippen molar-refractivity contribution >= 4 is 0 Å². The lowest BCUT2D eigenvalue weighted by atomic mass is 9.91. The molecule has 0 spiro atoms. The van der Waals surface area contributed by atoms with Gasteiger partial charge in [0.05, 0.1) is 24.0 Å². The fraction of sp³-hybridized carbons (Fsp3) is 0.615. The van der Waals surface area contributed by atoms with Gasteiger partial charge in [-0.15, -0.1) is 0 Å². The van der Waals surface area contributed by atoms with Gasteiger partial charge in [0, 0.05) is 0 Å². The van der Waals surface area contributed by atoms with Gasteiger partial charge in [-0.1, -0.05) is 0 Å². The summed E-state index contributed by atoms with van der Waals surface area (Å²) in [5.41, 5.74) is 2.99. The summed E-state index contributed by atoms with van der Waals surface area (Å²) < 4.78 is 6.02. The molecule has 1 nitrogen and oxygen atoms in total. The SMILES string of the molecule is c1c2c([o+]c3c1CCCC3)CCCC2. The summed E-state index contributed by atoms with van der Waals surface area (Å²) in [6.45, 7) is 0. The topological polar surface area (TPSA) is 11.3 Å². The maximum absolute atomic E-state index is 6.02. The van der Waals surface area contributed by atoms with E-state index in [9.17, 15) is 0 Å². The van der Waals surface area contributed by atoms with Crippen molar-refractivity contribution < 1.29 is 4.42 Å². The highest BCUT2D eigenvalue weighted by Gasteiger charge is 2.27. The van der Waals surface area contributed by atoms with Gasteiger partial charge in [-0.3, -0.25) is 0 Å². The molecule has 3 rings (SSSR count). The molecular weight excluding hydrogens is 172 g/mol. The van der Waals surface area contributed by atoms with Crippen LogP contribution in [0.5, 0.6) is 0 Å². The van der Waals surface area contributed by atoms with E-state index in [4.69, 9.17) is 4.42 Å². The van der Waals surface area contributed by atoms with Gasteiger partial charge in [0.15, 0.2) is 0 Å². The van der Waals surface area contributed by atoms with Crippen LogP contribution in [-0.4, -0.2) is 0 Å². The lowest BCUT2D eigenvalue weighted by molar-refractivity contribution is 0.396. The highest BCUT2D eigenvalue weighted by Crippen LogP contribution is 2.29. The highest BCUT2D eigenvalue weighted by atomic mass is 16.3. The van der Waals surface area contributed by atoms with Crippen LogP contribution < -0.4 is 0 Å². The van der Waals surface area contributed by atoms with E-state index in [0.29, 0.717) is 0 Å². The van der Waals surface area contributed by atoms with Gasteiger partial charge >= 0.3 is 11.5 Å². The van der Waals surface area contributed by atoms with Gasteiger partial charge in [-0.25, -0.2) is 4.42 Å². The maximum atomic E-state index is 6.02. The van der Waals surface area contributed by atoms with Gasteiger partial charge in [0.25, 0.3) is 0 Å². The molecule has 0 unspecified atom stereocenters. The van der Waals surface area contributed by atoms with Crippen LogP contribution in [0.25, 0.3) is 0 Å². The largest absolute Gasteiger partial charge is 0.332 e. The molecule has 14 heavy (non-hydrogen) atoms. The van der Waals surface area contributed by atoms with Gasteiger partial charge in [0.2, 0.25) is 0 Å². The molecule has 2 aliphatic rings. The second kappa shape index (κ2) is 3.38. The van der Waals surface area contributed by atoms with Crippen LogP contribution in [0.2, 0.25) is 0 Å². The van der Waals surface area contributed by atoms with Crippen molar-refractivity contribution in [3.63, 3.8) is 0 Å². The predicted molar refractivity (Wildman–Crippen MR) is 56.4 cm³/mol. The van der Waals surface area contributed by atoms with Crippen molar-refractivity contribution in [2.45, 2.75) is 51.4 Å². The zero-order chi connectivity index (χ0) is 9.38. The molecule has 0 N–H and O–H groups in total. The Morgan fingerprint density at radius 3 is 1.79 bits per heavy atom. The average molecular weight is 189 g/mol. The molecule has 2 aliphatic carbocycles. The summed E-state index contributed by atoms with van der Waals surface area (Å²) in [5.74, 6) is 2.58. The molecule has 0 radical (unpaired) electrons. The first-order valence-electron chi connectivity index (χ1n) is 5.90. The van der Waals surface area contributed by atoms with E-state index in [-0.39, 0.29) is 0 Å². The summed E-state index contributed by atoms with van der Waals surface area (Å²) in [6, 6.07) is 2.42. The van der Waals surface area contributed by atoms with Gasteiger partial charge in [-0.2, -0.15) is 0 Å². The molecule has 1 aromatic rings. The fourth-order valence-corrected chi connectivity index (χ4v) is 2.70. The van der Waals surface area contributed by atoms with Crippen LogP contribution in [0.1, 0.15) is 48.3 Å². The molecule has 1 heterocycles. The first-order chi connectivity index (χ1) is 6.93. The Bertz CT molecular complexity index is 288. The smallest absolute Gasteiger partial charge is 0.217 e. The minimum absolute atomic E-state index is 1.17. The number of rotatable bonds is 0. The van der Waals surface area contributed by atoms with E-state index in [1.807, 2.05) is 0 Å². The average Bonchev–Trinajstić information content (AvgIpc) is 2.26. The van der Waals surface area contributed by atoms with E-state index >= 15 is 0 Å². The molecule has 0 aliphatic heterocycles. The van der Waals surface area contributed by atoms with Gasteiger partial charge in [-0.05, 0) is 44.6 Å². The molecule has 0 atom stereocenters. The van der Waals surface area contributed by atoms with Crippen molar-refractivity contribution in [2.75, 3.05) is 0 Å². The third-order valence-corrected chi connectivity index (χ3v) is 3.51. The van der Waals surface area contributed by atoms with Gasteiger partial charge in [0.1, 0.15) is 0 Å². The van der Waals surface area contributed by atoms with E-state index in [1.165, 1.54) is 74.0 Å². The monoisotopic (exact) mass is 189 g/mol. The Labute approximate surface area is 85.1 Å². The molecular formula is C13H17O+. The van der Waals surface area contributed by atoms with E-state index in [2.05, 4.69) is 6.07 Å². The van der Waals surface area contributed by atoms with Crippen LogP contribution >= 0.6 is 0 Å². The zero-order valence-corrected chi connectivity index (χ0v) is 8.64. The molecule has 0 bridgehead atoms. The van der Waals surface area contributed by atoms with E-state index in [0.717, 1.165) is 0 Å². The third-order valence-electron chi connectivity index (χ3n) is 3.51. The quantitative estimate of drug-likeness (QED) is 0.570. The van der Waals surface area contributed by atoms with Crippen LogP contribution in [0, 0.1) is 0 Å². The Hall–Kier alpha value is -0.850. The lowest BCUT2D eigenvalue weighted by Gasteiger charge is -2.12. The van der Waals surface area contributed by atoms with E-state index < -0.39 is 0 Å². The summed E-state index contributed by atoms with van der Waals surface area (Å²) in [7, 11) is 0. The number of hydrogen-bond acceptors (Lipinski definition) is 0. The predicted octanol–water partition coefficient (Wildman–Crippen LogP) is 3.32. The molecule has 1 heteroatoms. The molecule has 74 valence electrons. The number of fused-ring (bicyclic) bond motifs is 2. The first kappa shape index (κ1) is 8.46. The summed E-state index contributed by atoms with van der Waals surface area (Å²) in [5, 5.41) is 0. The summed E-state index contributed by atoms with van der Waals surface area (Å²) >= 11 is 0. The molecule has 0 aromatic carbocycles. The second-order valence-corrected chi connectivity index (χ2v) is 4.56. The molecule has 0 amide bonds. The zero-order valence-electron chi connectivity index (χ0n) is 8.64.